The number of aryl methyl sites for hydroxylation is 2. The molecule has 0 spiro atoms. The van der Waals surface area contributed by atoms with Crippen molar-refractivity contribution < 1.29 is 4.79 Å². The van der Waals surface area contributed by atoms with E-state index in [2.05, 4.69) is 23.6 Å². The average Bonchev–Trinajstić information content (AvgIpc) is 2.75. The fourth-order valence-corrected chi connectivity index (χ4v) is 2.31. The van der Waals surface area contributed by atoms with Gasteiger partial charge in [0.05, 0.1) is 0 Å². The number of carbonyl (C=O) groups excluding carboxylic acids is 1. The van der Waals surface area contributed by atoms with Gasteiger partial charge in [0.1, 0.15) is 0 Å². The van der Waals surface area contributed by atoms with Crippen LogP contribution >= 0.6 is 0 Å². The van der Waals surface area contributed by atoms with Gasteiger partial charge in [0.15, 0.2) is 0 Å². The van der Waals surface area contributed by atoms with E-state index < -0.39 is 0 Å². The summed E-state index contributed by atoms with van der Waals surface area (Å²) in [6.45, 7) is 5.12. The summed E-state index contributed by atoms with van der Waals surface area (Å²) in [4.78, 5) is 11.9. The molecule has 0 radical (unpaired) electrons. The van der Waals surface area contributed by atoms with Crippen LogP contribution < -0.4 is 10.6 Å². The highest BCUT2D eigenvalue weighted by atomic mass is 16.1. The normalized spacial score (nSPS) is 19.3. The van der Waals surface area contributed by atoms with Crippen LogP contribution in [0.15, 0.2) is 18.2 Å². The summed E-state index contributed by atoms with van der Waals surface area (Å²) in [7, 11) is 0. The molecule has 2 N–H and O–H groups in total. The third-order valence-electron chi connectivity index (χ3n) is 3.25. The Morgan fingerprint density at radius 3 is 2.94 bits per heavy atom. The van der Waals surface area contributed by atoms with E-state index in [9.17, 15) is 4.79 Å². The highest BCUT2D eigenvalue weighted by Gasteiger charge is 2.17. The maximum absolute atomic E-state index is 11.9. The van der Waals surface area contributed by atoms with Gasteiger partial charge in [0.2, 0.25) is 5.91 Å². The van der Waals surface area contributed by atoms with Gasteiger partial charge in [-0.25, -0.2) is 0 Å². The lowest BCUT2D eigenvalue weighted by molar-refractivity contribution is -0.116. The molecule has 1 aromatic rings. The number of hydrogen-bond donors (Lipinski definition) is 2. The molecule has 1 heterocycles. The smallest absolute Gasteiger partial charge is 0.225 e. The largest absolute Gasteiger partial charge is 0.326 e. The van der Waals surface area contributed by atoms with Crippen molar-refractivity contribution in [1.29, 1.82) is 0 Å². The van der Waals surface area contributed by atoms with Crippen molar-refractivity contribution in [2.45, 2.75) is 39.2 Å². The van der Waals surface area contributed by atoms with Crippen molar-refractivity contribution in [3.05, 3.63) is 29.3 Å². The van der Waals surface area contributed by atoms with Crippen LogP contribution in [0.2, 0.25) is 0 Å². The zero-order chi connectivity index (χ0) is 12.3. The lowest BCUT2D eigenvalue weighted by Crippen LogP contribution is -2.27. The van der Waals surface area contributed by atoms with Crippen LogP contribution in [0.1, 0.15) is 30.4 Å². The molecule has 1 fully saturated rings. The number of benzene rings is 1. The summed E-state index contributed by atoms with van der Waals surface area (Å²) >= 11 is 0. The second kappa shape index (κ2) is 5.32. The van der Waals surface area contributed by atoms with Gasteiger partial charge in [-0.2, -0.15) is 0 Å². The topological polar surface area (TPSA) is 41.1 Å². The molecule has 1 atom stereocenters. The van der Waals surface area contributed by atoms with E-state index in [0.29, 0.717) is 12.5 Å². The van der Waals surface area contributed by atoms with Crippen LogP contribution in [0.3, 0.4) is 0 Å². The Morgan fingerprint density at radius 1 is 1.47 bits per heavy atom. The molecule has 0 bridgehead atoms. The molecule has 0 aliphatic carbocycles. The van der Waals surface area contributed by atoms with E-state index >= 15 is 0 Å². The Kier molecular flexibility index (Phi) is 3.79. The van der Waals surface area contributed by atoms with Gasteiger partial charge in [-0.15, -0.1) is 0 Å². The van der Waals surface area contributed by atoms with Gasteiger partial charge < -0.3 is 10.6 Å². The number of carbonyl (C=O) groups is 1. The second-order valence-electron chi connectivity index (χ2n) is 4.86. The van der Waals surface area contributed by atoms with Crippen LogP contribution in [0, 0.1) is 13.8 Å². The summed E-state index contributed by atoms with van der Waals surface area (Å²) in [5.74, 6) is 0.108. The number of hydrogen-bond acceptors (Lipinski definition) is 2. The van der Waals surface area contributed by atoms with Crippen LogP contribution in [0.4, 0.5) is 5.69 Å². The molecule has 1 aliphatic rings. The maximum atomic E-state index is 11.9. The number of nitrogens with one attached hydrogen (secondary N) is 2. The molecule has 1 unspecified atom stereocenters. The van der Waals surface area contributed by atoms with E-state index in [1.165, 1.54) is 12.0 Å². The van der Waals surface area contributed by atoms with Gasteiger partial charge >= 0.3 is 0 Å². The van der Waals surface area contributed by atoms with E-state index in [4.69, 9.17) is 0 Å². The third kappa shape index (κ3) is 3.30. The van der Waals surface area contributed by atoms with Gasteiger partial charge in [0, 0.05) is 18.2 Å². The van der Waals surface area contributed by atoms with Crippen molar-refractivity contribution in [3.8, 4) is 0 Å². The minimum absolute atomic E-state index is 0.108. The maximum Gasteiger partial charge on any atom is 0.225 e. The lowest BCUT2D eigenvalue weighted by atomic mass is 10.1. The Hall–Kier alpha value is -1.35. The third-order valence-corrected chi connectivity index (χ3v) is 3.25. The summed E-state index contributed by atoms with van der Waals surface area (Å²) in [6.07, 6.45) is 2.87. The first kappa shape index (κ1) is 12.1. The monoisotopic (exact) mass is 232 g/mol. The van der Waals surface area contributed by atoms with Crippen molar-refractivity contribution >= 4 is 11.6 Å². The van der Waals surface area contributed by atoms with Crippen LogP contribution in [0.25, 0.3) is 0 Å². The van der Waals surface area contributed by atoms with E-state index in [1.54, 1.807) is 0 Å². The molecule has 1 aliphatic heterocycles. The molecule has 2 rings (SSSR count). The summed E-state index contributed by atoms with van der Waals surface area (Å²) in [6, 6.07) is 6.45. The highest BCUT2D eigenvalue weighted by molar-refractivity contribution is 5.91. The molecule has 3 heteroatoms. The van der Waals surface area contributed by atoms with Crippen LogP contribution in [0.5, 0.6) is 0 Å². The Labute approximate surface area is 103 Å². The first-order valence-corrected chi connectivity index (χ1v) is 6.25. The molecule has 1 amide bonds. The van der Waals surface area contributed by atoms with Gasteiger partial charge in [-0.1, -0.05) is 17.7 Å². The van der Waals surface area contributed by atoms with E-state index in [1.807, 2.05) is 19.1 Å². The quantitative estimate of drug-likeness (QED) is 0.840. The van der Waals surface area contributed by atoms with Gasteiger partial charge in [-0.05, 0) is 44.9 Å². The van der Waals surface area contributed by atoms with Gasteiger partial charge in [-0.3, -0.25) is 4.79 Å². The average molecular weight is 232 g/mol. The van der Waals surface area contributed by atoms with Crippen molar-refractivity contribution in [2.75, 3.05) is 11.9 Å². The Bertz CT molecular complexity index is 409. The summed E-state index contributed by atoms with van der Waals surface area (Å²) in [5, 5.41) is 6.32. The molecule has 1 aromatic carbocycles. The molecule has 92 valence electrons. The van der Waals surface area contributed by atoms with Gasteiger partial charge in [0.25, 0.3) is 0 Å². The number of anilines is 1. The lowest BCUT2D eigenvalue weighted by Gasteiger charge is -2.12. The predicted octanol–water partition coefficient (Wildman–Crippen LogP) is 2.38. The fraction of sp³-hybridized carbons (Fsp3) is 0.500. The molecule has 3 nitrogen and oxygen atoms in total. The number of amides is 1. The van der Waals surface area contributed by atoms with Crippen LogP contribution in [-0.4, -0.2) is 18.5 Å². The zero-order valence-corrected chi connectivity index (χ0v) is 10.5. The van der Waals surface area contributed by atoms with E-state index in [0.717, 1.165) is 24.2 Å². The minimum Gasteiger partial charge on any atom is -0.326 e. The predicted molar refractivity (Wildman–Crippen MR) is 70.2 cm³/mol. The molecule has 17 heavy (non-hydrogen) atoms. The molecular formula is C14H20N2O. The second-order valence-corrected chi connectivity index (χ2v) is 4.86. The molecule has 0 aromatic heterocycles. The SMILES string of the molecule is Cc1ccc(NC(=O)CC2CCCN2)c(C)c1. The first-order valence-electron chi connectivity index (χ1n) is 6.25. The summed E-state index contributed by atoms with van der Waals surface area (Å²) < 4.78 is 0. The Balaban J connectivity index is 1.93. The van der Waals surface area contributed by atoms with E-state index in [-0.39, 0.29) is 5.91 Å². The standard InChI is InChI=1S/C14H20N2O/c1-10-5-6-13(11(2)8-10)16-14(17)9-12-4-3-7-15-12/h5-6,8,12,15H,3-4,7,9H2,1-2H3,(H,16,17). The first-order chi connectivity index (χ1) is 8.15. The molecule has 1 saturated heterocycles. The minimum atomic E-state index is 0.108. The number of rotatable bonds is 3. The Morgan fingerprint density at radius 2 is 2.29 bits per heavy atom. The van der Waals surface area contributed by atoms with Crippen molar-refractivity contribution in [2.24, 2.45) is 0 Å². The van der Waals surface area contributed by atoms with Crippen molar-refractivity contribution in [3.63, 3.8) is 0 Å². The van der Waals surface area contributed by atoms with Crippen LogP contribution in [-0.2, 0) is 4.79 Å². The fourth-order valence-electron chi connectivity index (χ4n) is 2.31. The van der Waals surface area contributed by atoms with Crippen molar-refractivity contribution in [1.82, 2.24) is 5.32 Å². The molecule has 0 saturated carbocycles. The summed E-state index contributed by atoms with van der Waals surface area (Å²) in [5.41, 5.74) is 3.27. The zero-order valence-electron chi connectivity index (χ0n) is 10.5. The highest BCUT2D eigenvalue weighted by Crippen LogP contribution is 2.17. The molecular weight excluding hydrogens is 212 g/mol.